The molecule has 1 heterocycles. The van der Waals surface area contributed by atoms with Crippen molar-refractivity contribution < 1.29 is 13.2 Å². The number of nitrogens with two attached hydrogens (primary N) is 1. The average Bonchev–Trinajstić information content (AvgIpc) is 2.94. The van der Waals surface area contributed by atoms with E-state index in [2.05, 4.69) is 10.3 Å². The highest BCUT2D eigenvalue weighted by molar-refractivity contribution is 7.89. The predicted molar refractivity (Wildman–Crippen MR) is 85.2 cm³/mol. The molecule has 0 atom stereocenters. The predicted octanol–water partition coefficient (Wildman–Crippen LogP) is 1.84. The van der Waals surface area contributed by atoms with E-state index in [-0.39, 0.29) is 23.3 Å². The van der Waals surface area contributed by atoms with Gasteiger partial charge in [0.15, 0.2) is 0 Å². The van der Waals surface area contributed by atoms with Crippen molar-refractivity contribution >= 4 is 27.3 Å². The van der Waals surface area contributed by atoms with Gasteiger partial charge in [-0.2, -0.15) is 0 Å². The Hall–Kier alpha value is -1.77. The molecule has 0 bridgehead atoms. The molecule has 0 radical (unpaired) electrons. The number of hydrogen-bond acceptors (Lipinski definition) is 5. The van der Waals surface area contributed by atoms with Crippen molar-refractivity contribution in [1.29, 1.82) is 0 Å². The number of hydrogen-bond donors (Lipinski definition) is 2. The van der Waals surface area contributed by atoms with E-state index in [9.17, 15) is 13.2 Å². The van der Waals surface area contributed by atoms with Crippen LogP contribution in [0.1, 0.15) is 40.8 Å². The zero-order valence-electron chi connectivity index (χ0n) is 12.2. The standard InChI is InChI=1S/C14H17N3O3S2/c1-9(2)14-17-12(8-21-14)13(18)16-7-10-3-5-11(6-4-10)22(15,19)20/h3-6,8-9H,7H2,1-2H3,(H,16,18)(H2,15,19,20). The second-order valence-corrected chi connectivity index (χ2v) is 7.55. The molecule has 1 aromatic heterocycles. The lowest BCUT2D eigenvalue weighted by molar-refractivity contribution is 0.0946. The lowest BCUT2D eigenvalue weighted by Crippen LogP contribution is -2.23. The minimum atomic E-state index is -3.70. The van der Waals surface area contributed by atoms with E-state index in [4.69, 9.17) is 5.14 Å². The third-order valence-electron chi connectivity index (χ3n) is 2.95. The summed E-state index contributed by atoms with van der Waals surface area (Å²) in [6, 6.07) is 6.05. The molecule has 0 saturated carbocycles. The molecule has 0 spiro atoms. The maximum absolute atomic E-state index is 12.0. The van der Waals surface area contributed by atoms with Crippen LogP contribution in [0.4, 0.5) is 0 Å². The number of nitrogens with one attached hydrogen (secondary N) is 1. The molecule has 1 amide bonds. The maximum Gasteiger partial charge on any atom is 0.271 e. The fourth-order valence-corrected chi connectivity index (χ4v) is 3.06. The summed E-state index contributed by atoms with van der Waals surface area (Å²) in [6.45, 7) is 4.33. The Kier molecular flexibility index (Phi) is 4.94. The van der Waals surface area contributed by atoms with Crippen molar-refractivity contribution in [3.05, 3.63) is 45.9 Å². The molecule has 2 rings (SSSR count). The van der Waals surface area contributed by atoms with E-state index in [0.29, 0.717) is 5.69 Å². The molecule has 0 fully saturated rings. The van der Waals surface area contributed by atoms with Gasteiger partial charge in [-0.05, 0) is 17.7 Å². The highest BCUT2D eigenvalue weighted by Crippen LogP contribution is 2.19. The Morgan fingerprint density at radius 3 is 2.45 bits per heavy atom. The first kappa shape index (κ1) is 16.6. The summed E-state index contributed by atoms with van der Waals surface area (Å²) in [6.07, 6.45) is 0. The van der Waals surface area contributed by atoms with Gasteiger partial charge in [-0.1, -0.05) is 26.0 Å². The Balaban J connectivity index is 1.98. The lowest BCUT2D eigenvalue weighted by Gasteiger charge is -2.05. The first-order valence-corrected chi connectivity index (χ1v) is 9.05. The monoisotopic (exact) mass is 339 g/mol. The van der Waals surface area contributed by atoms with Gasteiger partial charge in [-0.15, -0.1) is 11.3 Å². The van der Waals surface area contributed by atoms with Crippen LogP contribution in [-0.2, 0) is 16.6 Å². The normalized spacial score (nSPS) is 11.6. The molecule has 0 unspecified atom stereocenters. The molecule has 3 N–H and O–H groups in total. The summed E-state index contributed by atoms with van der Waals surface area (Å²) in [5, 5.41) is 10.4. The summed E-state index contributed by atoms with van der Waals surface area (Å²) in [5.41, 5.74) is 1.18. The van der Waals surface area contributed by atoms with Crippen LogP contribution in [0, 0.1) is 0 Å². The number of nitrogens with zero attached hydrogens (tertiary/aromatic N) is 1. The zero-order chi connectivity index (χ0) is 16.3. The number of sulfonamides is 1. The van der Waals surface area contributed by atoms with Crippen LogP contribution >= 0.6 is 11.3 Å². The van der Waals surface area contributed by atoms with Gasteiger partial charge >= 0.3 is 0 Å². The summed E-state index contributed by atoms with van der Waals surface area (Å²) in [7, 11) is -3.70. The largest absolute Gasteiger partial charge is 0.347 e. The zero-order valence-corrected chi connectivity index (χ0v) is 13.9. The minimum absolute atomic E-state index is 0.0450. The van der Waals surface area contributed by atoms with Crippen molar-refractivity contribution in [2.45, 2.75) is 31.2 Å². The van der Waals surface area contributed by atoms with E-state index < -0.39 is 10.0 Å². The van der Waals surface area contributed by atoms with Gasteiger partial charge in [0.1, 0.15) is 5.69 Å². The van der Waals surface area contributed by atoms with E-state index in [1.54, 1.807) is 17.5 Å². The molecule has 8 heteroatoms. The lowest BCUT2D eigenvalue weighted by atomic mass is 10.2. The van der Waals surface area contributed by atoms with Crippen molar-refractivity contribution in [2.75, 3.05) is 0 Å². The number of rotatable bonds is 5. The Morgan fingerprint density at radius 1 is 1.32 bits per heavy atom. The molecule has 0 aliphatic heterocycles. The molecule has 22 heavy (non-hydrogen) atoms. The van der Waals surface area contributed by atoms with Gasteiger partial charge in [-0.3, -0.25) is 4.79 Å². The summed E-state index contributed by atoms with van der Waals surface area (Å²) in [5.74, 6) is 0.0379. The minimum Gasteiger partial charge on any atom is -0.347 e. The van der Waals surface area contributed by atoms with E-state index >= 15 is 0 Å². The first-order chi connectivity index (χ1) is 10.3. The number of thiazole rings is 1. The van der Waals surface area contributed by atoms with Crippen molar-refractivity contribution in [3.8, 4) is 0 Å². The molecule has 118 valence electrons. The van der Waals surface area contributed by atoms with Gasteiger partial charge in [-0.25, -0.2) is 18.5 Å². The molecule has 2 aromatic rings. The van der Waals surface area contributed by atoms with Crippen LogP contribution < -0.4 is 10.5 Å². The van der Waals surface area contributed by atoms with Crippen LogP contribution in [0.25, 0.3) is 0 Å². The van der Waals surface area contributed by atoms with E-state index in [1.165, 1.54) is 23.5 Å². The first-order valence-electron chi connectivity index (χ1n) is 6.62. The van der Waals surface area contributed by atoms with Crippen LogP contribution in [0.2, 0.25) is 0 Å². The summed E-state index contributed by atoms with van der Waals surface area (Å²) in [4.78, 5) is 16.3. The molecule has 6 nitrogen and oxygen atoms in total. The Bertz CT molecular complexity index is 765. The van der Waals surface area contributed by atoms with Crippen LogP contribution in [-0.4, -0.2) is 19.3 Å². The van der Waals surface area contributed by atoms with Crippen molar-refractivity contribution in [2.24, 2.45) is 5.14 Å². The fraction of sp³-hybridized carbons (Fsp3) is 0.286. The third-order valence-corrected chi connectivity index (χ3v) is 5.03. The Labute approximate surface area is 133 Å². The Morgan fingerprint density at radius 2 is 1.95 bits per heavy atom. The van der Waals surface area contributed by atoms with Crippen molar-refractivity contribution in [3.63, 3.8) is 0 Å². The molecule has 0 saturated heterocycles. The van der Waals surface area contributed by atoms with Gasteiger partial charge in [0.25, 0.3) is 5.91 Å². The van der Waals surface area contributed by atoms with Gasteiger partial charge in [0.2, 0.25) is 10.0 Å². The topological polar surface area (TPSA) is 102 Å². The average molecular weight is 339 g/mol. The number of benzene rings is 1. The van der Waals surface area contributed by atoms with Crippen LogP contribution in [0.15, 0.2) is 34.5 Å². The van der Waals surface area contributed by atoms with Gasteiger partial charge in [0.05, 0.1) is 9.90 Å². The number of aromatic nitrogens is 1. The second kappa shape index (κ2) is 6.55. The molecule has 0 aliphatic carbocycles. The van der Waals surface area contributed by atoms with Gasteiger partial charge in [0, 0.05) is 17.8 Å². The van der Waals surface area contributed by atoms with E-state index in [1.807, 2.05) is 13.8 Å². The third kappa shape index (κ3) is 4.12. The fourth-order valence-electron chi connectivity index (χ4n) is 1.73. The number of carbonyl (C=O) groups excluding carboxylic acids is 1. The number of amides is 1. The number of primary sulfonamides is 1. The molecular weight excluding hydrogens is 322 g/mol. The van der Waals surface area contributed by atoms with E-state index in [0.717, 1.165) is 10.6 Å². The van der Waals surface area contributed by atoms with Crippen LogP contribution in [0.3, 0.4) is 0 Å². The molecule has 0 aliphatic rings. The number of carbonyl (C=O) groups is 1. The van der Waals surface area contributed by atoms with Gasteiger partial charge < -0.3 is 5.32 Å². The molecular formula is C14H17N3O3S2. The van der Waals surface area contributed by atoms with Crippen molar-refractivity contribution in [1.82, 2.24) is 10.3 Å². The van der Waals surface area contributed by atoms with Crippen LogP contribution in [0.5, 0.6) is 0 Å². The second-order valence-electron chi connectivity index (χ2n) is 5.10. The maximum atomic E-state index is 12.0. The summed E-state index contributed by atoms with van der Waals surface area (Å²) < 4.78 is 22.3. The highest BCUT2D eigenvalue weighted by Gasteiger charge is 2.12. The molecule has 1 aromatic carbocycles. The quantitative estimate of drug-likeness (QED) is 0.867. The summed E-state index contributed by atoms with van der Waals surface area (Å²) >= 11 is 1.46. The highest BCUT2D eigenvalue weighted by atomic mass is 32.2. The smallest absolute Gasteiger partial charge is 0.271 e. The SMILES string of the molecule is CC(C)c1nc(C(=O)NCc2ccc(S(N)(=O)=O)cc2)cs1.